The van der Waals surface area contributed by atoms with Gasteiger partial charge in [-0.05, 0) is 32.0 Å². The molecule has 1 aliphatic rings. The van der Waals surface area contributed by atoms with Crippen LogP contribution in [0.15, 0.2) is 30.6 Å². The van der Waals surface area contributed by atoms with Crippen molar-refractivity contribution in [3.63, 3.8) is 0 Å². The molecule has 144 valence electrons. The first-order valence-corrected chi connectivity index (χ1v) is 9.43. The Morgan fingerprint density at radius 2 is 1.96 bits per heavy atom. The van der Waals surface area contributed by atoms with Gasteiger partial charge in [-0.2, -0.15) is 0 Å². The molecule has 0 aliphatic carbocycles. The molecule has 1 saturated heterocycles. The Labute approximate surface area is 168 Å². The minimum atomic E-state index is -0.189. The van der Waals surface area contributed by atoms with Crippen LogP contribution < -0.4 is 15.0 Å². The summed E-state index contributed by atoms with van der Waals surface area (Å²) in [6.07, 6.45) is 3.17. The second-order valence-corrected chi connectivity index (χ2v) is 7.23. The quantitative estimate of drug-likeness (QED) is 0.827. The number of halogens is 2. The van der Waals surface area contributed by atoms with Crippen LogP contribution in [0.4, 0.5) is 16.3 Å². The van der Waals surface area contributed by atoms with Gasteiger partial charge in [-0.3, -0.25) is 0 Å². The summed E-state index contributed by atoms with van der Waals surface area (Å²) in [7, 11) is 0. The van der Waals surface area contributed by atoms with Crippen LogP contribution in [0.1, 0.15) is 13.8 Å². The first kappa shape index (κ1) is 19.5. The molecular formula is C18H21Cl2N5O2. The smallest absolute Gasteiger partial charge is 0.322 e. The van der Waals surface area contributed by atoms with Gasteiger partial charge in [0.1, 0.15) is 11.5 Å². The second kappa shape index (κ2) is 8.63. The highest BCUT2D eigenvalue weighted by Crippen LogP contribution is 2.27. The highest BCUT2D eigenvalue weighted by molar-refractivity contribution is 6.36. The lowest BCUT2D eigenvalue weighted by Crippen LogP contribution is -2.50. The van der Waals surface area contributed by atoms with Crippen molar-refractivity contribution in [1.82, 2.24) is 14.9 Å². The maximum Gasteiger partial charge on any atom is 0.322 e. The molecule has 0 aromatic carbocycles. The molecule has 27 heavy (non-hydrogen) atoms. The van der Waals surface area contributed by atoms with Gasteiger partial charge >= 0.3 is 6.03 Å². The van der Waals surface area contributed by atoms with Crippen molar-refractivity contribution >= 4 is 40.7 Å². The Morgan fingerprint density at radius 3 is 2.63 bits per heavy atom. The van der Waals surface area contributed by atoms with Crippen LogP contribution in [0, 0.1) is 0 Å². The largest absolute Gasteiger partial charge is 0.473 e. The lowest BCUT2D eigenvalue weighted by Gasteiger charge is -2.35. The predicted octanol–water partition coefficient (Wildman–Crippen LogP) is 3.92. The van der Waals surface area contributed by atoms with E-state index in [0.717, 1.165) is 0 Å². The molecule has 3 heterocycles. The summed E-state index contributed by atoms with van der Waals surface area (Å²) in [5.74, 6) is 1.10. The van der Waals surface area contributed by atoms with E-state index in [2.05, 4.69) is 15.3 Å². The van der Waals surface area contributed by atoms with Gasteiger partial charge in [0.2, 0.25) is 5.88 Å². The van der Waals surface area contributed by atoms with Crippen LogP contribution in [-0.4, -0.2) is 53.2 Å². The van der Waals surface area contributed by atoms with Crippen LogP contribution in [-0.2, 0) is 0 Å². The van der Waals surface area contributed by atoms with Crippen molar-refractivity contribution in [2.75, 3.05) is 36.4 Å². The SMILES string of the molecule is CC(C)Oc1ncccc1NC(=O)N1CCN(c2ncc(Cl)cc2Cl)CC1. The van der Waals surface area contributed by atoms with E-state index in [9.17, 15) is 4.79 Å². The zero-order valence-corrected chi connectivity index (χ0v) is 16.7. The number of carbonyl (C=O) groups excluding carboxylic acids is 1. The first-order chi connectivity index (χ1) is 12.9. The van der Waals surface area contributed by atoms with E-state index in [1.807, 2.05) is 18.7 Å². The van der Waals surface area contributed by atoms with Gasteiger partial charge in [0.15, 0.2) is 0 Å². The highest BCUT2D eigenvalue weighted by Gasteiger charge is 2.24. The standard InChI is InChI=1S/C18H21Cl2N5O2/c1-12(2)27-17-15(4-3-5-21-17)23-18(26)25-8-6-24(7-9-25)16-14(20)10-13(19)11-22-16/h3-5,10-12H,6-9H2,1-2H3,(H,23,26). The van der Waals surface area contributed by atoms with Crippen LogP contribution in [0.2, 0.25) is 10.0 Å². The van der Waals surface area contributed by atoms with Crippen LogP contribution in [0.3, 0.4) is 0 Å². The number of pyridine rings is 2. The van der Waals surface area contributed by atoms with Crippen molar-refractivity contribution in [1.29, 1.82) is 0 Å². The van der Waals surface area contributed by atoms with E-state index in [4.69, 9.17) is 27.9 Å². The number of hydrogen-bond donors (Lipinski definition) is 1. The molecule has 0 radical (unpaired) electrons. The van der Waals surface area contributed by atoms with Crippen molar-refractivity contribution < 1.29 is 9.53 Å². The topological polar surface area (TPSA) is 70.6 Å². The van der Waals surface area contributed by atoms with Crippen molar-refractivity contribution in [2.45, 2.75) is 20.0 Å². The van der Waals surface area contributed by atoms with E-state index in [1.165, 1.54) is 0 Å². The third-order valence-corrected chi connectivity index (χ3v) is 4.50. The predicted molar refractivity (Wildman–Crippen MR) is 107 cm³/mol. The maximum atomic E-state index is 12.6. The molecule has 1 N–H and O–H groups in total. The molecule has 0 atom stereocenters. The monoisotopic (exact) mass is 409 g/mol. The van der Waals surface area contributed by atoms with Crippen LogP contribution >= 0.6 is 23.2 Å². The average Bonchev–Trinajstić information content (AvgIpc) is 2.63. The molecule has 0 saturated carbocycles. The number of carbonyl (C=O) groups is 1. The molecule has 7 nitrogen and oxygen atoms in total. The number of hydrogen-bond acceptors (Lipinski definition) is 5. The molecule has 9 heteroatoms. The second-order valence-electron chi connectivity index (χ2n) is 6.39. The Balaban J connectivity index is 1.61. The first-order valence-electron chi connectivity index (χ1n) is 8.67. The zero-order valence-electron chi connectivity index (χ0n) is 15.2. The van der Waals surface area contributed by atoms with E-state index in [0.29, 0.717) is 53.6 Å². The maximum absolute atomic E-state index is 12.6. The Morgan fingerprint density at radius 1 is 1.22 bits per heavy atom. The number of urea groups is 1. The summed E-state index contributed by atoms with van der Waals surface area (Å²) in [4.78, 5) is 24.9. The van der Waals surface area contributed by atoms with Crippen molar-refractivity contribution in [2.24, 2.45) is 0 Å². The molecule has 2 amide bonds. The average molecular weight is 410 g/mol. The fourth-order valence-electron chi connectivity index (χ4n) is 2.76. The molecule has 2 aromatic rings. The number of nitrogens with zero attached hydrogens (tertiary/aromatic N) is 4. The summed E-state index contributed by atoms with van der Waals surface area (Å²) in [5.41, 5.74) is 0.557. The van der Waals surface area contributed by atoms with Gasteiger partial charge < -0.3 is 19.9 Å². The molecule has 0 spiro atoms. The number of rotatable bonds is 4. The Kier molecular flexibility index (Phi) is 6.23. The molecule has 2 aromatic heterocycles. The highest BCUT2D eigenvalue weighted by atomic mass is 35.5. The van der Waals surface area contributed by atoms with Gasteiger partial charge in [0.25, 0.3) is 0 Å². The minimum Gasteiger partial charge on any atom is -0.473 e. The van der Waals surface area contributed by atoms with Gasteiger partial charge in [-0.25, -0.2) is 14.8 Å². The third-order valence-electron chi connectivity index (χ3n) is 4.01. The van der Waals surface area contributed by atoms with Crippen LogP contribution in [0.5, 0.6) is 5.88 Å². The fourth-order valence-corrected chi connectivity index (χ4v) is 3.26. The van der Waals surface area contributed by atoms with Gasteiger partial charge in [0, 0.05) is 38.6 Å². The molecule has 3 rings (SSSR count). The fraction of sp³-hybridized carbons (Fsp3) is 0.389. The number of ether oxygens (including phenoxy) is 1. The number of aromatic nitrogens is 2. The summed E-state index contributed by atoms with van der Waals surface area (Å²) >= 11 is 12.1. The molecule has 1 fully saturated rings. The summed E-state index contributed by atoms with van der Waals surface area (Å²) in [6, 6.07) is 5.01. The molecular weight excluding hydrogens is 389 g/mol. The summed E-state index contributed by atoms with van der Waals surface area (Å²) in [5, 5.41) is 3.88. The Bertz CT molecular complexity index is 810. The van der Waals surface area contributed by atoms with Crippen molar-refractivity contribution in [3.8, 4) is 5.88 Å². The van der Waals surface area contributed by atoms with E-state index >= 15 is 0 Å². The van der Waals surface area contributed by atoms with Crippen molar-refractivity contribution in [3.05, 3.63) is 40.6 Å². The molecule has 0 unspecified atom stereocenters. The zero-order chi connectivity index (χ0) is 19.4. The number of amides is 2. The van der Waals surface area contributed by atoms with Gasteiger partial charge in [0.05, 0.1) is 16.1 Å². The van der Waals surface area contributed by atoms with Crippen LogP contribution in [0.25, 0.3) is 0 Å². The molecule has 0 bridgehead atoms. The minimum absolute atomic E-state index is 0.0317. The summed E-state index contributed by atoms with van der Waals surface area (Å²) < 4.78 is 5.64. The lowest BCUT2D eigenvalue weighted by molar-refractivity contribution is 0.207. The van der Waals surface area contributed by atoms with Gasteiger partial charge in [-0.15, -0.1) is 0 Å². The number of anilines is 2. The van der Waals surface area contributed by atoms with E-state index in [1.54, 1.807) is 35.5 Å². The van der Waals surface area contributed by atoms with Gasteiger partial charge in [-0.1, -0.05) is 23.2 Å². The summed E-state index contributed by atoms with van der Waals surface area (Å²) in [6.45, 7) is 6.18. The lowest BCUT2D eigenvalue weighted by atomic mass is 10.3. The Hall–Kier alpha value is -2.25. The van der Waals surface area contributed by atoms with E-state index in [-0.39, 0.29) is 12.1 Å². The number of piperazine rings is 1. The number of nitrogens with one attached hydrogen (secondary N) is 1. The normalized spacial score (nSPS) is 14.4. The third kappa shape index (κ3) is 4.93. The van der Waals surface area contributed by atoms with E-state index < -0.39 is 0 Å². The molecule has 1 aliphatic heterocycles.